The van der Waals surface area contributed by atoms with Crippen molar-refractivity contribution in [3.63, 3.8) is 0 Å². The lowest BCUT2D eigenvalue weighted by Crippen LogP contribution is -2.00. The second-order valence-electron chi connectivity index (χ2n) is 3.09. The van der Waals surface area contributed by atoms with Gasteiger partial charge in [-0.25, -0.2) is 0 Å². The van der Waals surface area contributed by atoms with Crippen molar-refractivity contribution in [3.8, 4) is 0 Å². The van der Waals surface area contributed by atoms with Crippen LogP contribution in [0.2, 0.25) is 0 Å². The van der Waals surface area contributed by atoms with Gasteiger partial charge in [0.05, 0.1) is 13.2 Å². The largest absolute Gasteiger partial charge is 0.346 e. The lowest BCUT2D eigenvalue weighted by atomic mass is 10.1. The van der Waals surface area contributed by atoms with Gasteiger partial charge in [0.2, 0.25) is 0 Å². The molecule has 1 saturated heterocycles. The number of halogens is 2. The minimum Gasteiger partial charge on any atom is -0.346 e. The van der Waals surface area contributed by atoms with Gasteiger partial charge in [-0.05, 0) is 12.1 Å². The summed E-state index contributed by atoms with van der Waals surface area (Å²) in [6.07, 6.45) is 0.464. The van der Waals surface area contributed by atoms with Crippen LogP contribution >= 0.6 is 31.9 Å². The van der Waals surface area contributed by atoms with Crippen molar-refractivity contribution in [2.24, 2.45) is 0 Å². The molecule has 1 aromatic rings. The van der Waals surface area contributed by atoms with Gasteiger partial charge in [-0.15, -0.1) is 0 Å². The lowest BCUT2D eigenvalue weighted by Gasteiger charge is -2.12. The van der Waals surface area contributed by atoms with Crippen LogP contribution in [0, 0.1) is 0 Å². The van der Waals surface area contributed by atoms with Crippen molar-refractivity contribution in [1.82, 2.24) is 0 Å². The van der Waals surface area contributed by atoms with Crippen LogP contribution in [0.1, 0.15) is 22.2 Å². The summed E-state index contributed by atoms with van der Waals surface area (Å²) in [5, 5.41) is 0. The molecule has 0 atom stereocenters. The maximum atomic E-state index is 10.7. The van der Waals surface area contributed by atoms with Gasteiger partial charge in [-0.3, -0.25) is 4.79 Å². The summed E-state index contributed by atoms with van der Waals surface area (Å²) in [6.45, 7) is 1.20. The van der Waals surface area contributed by atoms with E-state index in [9.17, 15) is 4.79 Å². The van der Waals surface area contributed by atoms with E-state index in [4.69, 9.17) is 9.47 Å². The van der Waals surface area contributed by atoms with E-state index in [-0.39, 0.29) is 6.29 Å². The molecule has 0 aromatic heterocycles. The quantitative estimate of drug-likeness (QED) is 0.779. The Balaban J connectivity index is 2.39. The Morgan fingerprint density at radius 2 is 1.87 bits per heavy atom. The van der Waals surface area contributed by atoms with Crippen molar-refractivity contribution < 1.29 is 14.3 Å². The number of aldehydes is 1. The number of hydrogen-bond donors (Lipinski definition) is 0. The first-order valence-electron chi connectivity index (χ1n) is 4.39. The molecule has 0 amide bonds. The van der Waals surface area contributed by atoms with E-state index < -0.39 is 0 Å². The van der Waals surface area contributed by atoms with Gasteiger partial charge in [0.1, 0.15) is 0 Å². The van der Waals surface area contributed by atoms with E-state index in [0.717, 1.165) is 20.8 Å². The highest BCUT2D eigenvalue weighted by Gasteiger charge is 2.21. The monoisotopic (exact) mass is 334 g/mol. The van der Waals surface area contributed by atoms with Crippen LogP contribution in [0.4, 0.5) is 0 Å². The molecule has 1 heterocycles. The smallest absolute Gasteiger partial charge is 0.185 e. The first-order valence-corrected chi connectivity index (χ1v) is 5.98. The van der Waals surface area contributed by atoms with Crippen LogP contribution in [0.25, 0.3) is 0 Å². The molecule has 0 unspecified atom stereocenters. The SMILES string of the molecule is O=Cc1cc(Br)c(C2OCCO2)cc1Br. The molecule has 15 heavy (non-hydrogen) atoms. The summed E-state index contributed by atoms with van der Waals surface area (Å²) < 4.78 is 12.3. The number of hydrogen-bond acceptors (Lipinski definition) is 3. The molecule has 0 N–H and O–H groups in total. The lowest BCUT2D eigenvalue weighted by molar-refractivity contribution is -0.0446. The Labute approximate surface area is 104 Å². The number of benzene rings is 1. The summed E-state index contributed by atoms with van der Waals surface area (Å²) in [4.78, 5) is 10.7. The molecule has 0 radical (unpaired) electrons. The highest BCUT2D eigenvalue weighted by molar-refractivity contribution is 9.11. The van der Waals surface area contributed by atoms with Crippen LogP contribution in [0.3, 0.4) is 0 Å². The number of carbonyl (C=O) groups excluding carboxylic acids is 1. The second-order valence-corrected chi connectivity index (χ2v) is 4.80. The fourth-order valence-electron chi connectivity index (χ4n) is 1.39. The van der Waals surface area contributed by atoms with E-state index in [2.05, 4.69) is 31.9 Å². The van der Waals surface area contributed by atoms with Gasteiger partial charge in [-0.1, -0.05) is 31.9 Å². The molecular weight excluding hydrogens is 328 g/mol. The van der Waals surface area contributed by atoms with E-state index in [1.54, 1.807) is 6.07 Å². The van der Waals surface area contributed by atoms with E-state index >= 15 is 0 Å². The molecular formula is C10H8Br2O3. The molecule has 1 fully saturated rings. The molecule has 1 aliphatic heterocycles. The summed E-state index contributed by atoms with van der Waals surface area (Å²) in [5.41, 5.74) is 1.49. The van der Waals surface area contributed by atoms with Crippen molar-refractivity contribution in [1.29, 1.82) is 0 Å². The Hall–Kier alpha value is -0.230. The van der Waals surface area contributed by atoms with Crippen LogP contribution < -0.4 is 0 Å². The Morgan fingerprint density at radius 3 is 2.47 bits per heavy atom. The first kappa shape index (κ1) is 11.3. The maximum Gasteiger partial charge on any atom is 0.185 e. The molecule has 0 saturated carbocycles. The molecule has 2 rings (SSSR count). The molecule has 1 aliphatic rings. The summed E-state index contributed by atoms with van der Waals surface area (Å²) >= 11 is 6.72. The molecule has 80 valence electrons. The summed E-state index contributed by atoms with van der Waals surface area (Å²) in [7, 11) is 0. The standard InChI is InChI=1S/C10H8Br2O3/c11-8-4-7(10-14-1-2-15-10)9(12)3-6(8)5-13/h3-5,10H,1-2H2. The number of carbonyl (C=O) groups is 1. The zero-order chi connectivity index (χ0) is 10.8. The van der Waals surface area contributed by atoms with Gasteiger partial charge in [-0.2, -0.15) is 0 Å². The van der Waals surface area contributed by atoms with E-state index in [1.165, 1.54) is 0 Å². The second kappa shape index (κ2) is 4.74. The average Bonchev–Trinajstić information content (AvgIpc) is 2.74. The normalized spacial score (nSPS) is 16.9. The van der Waals surface area contributed by atoms with E-state index in [1.807, 2.05) is 6.07 Å². The molecule has 0 bridgehead atoms. The Kier molecular flexibility index (Phi) is 3.56. The van der Waals surface area contributed by atoms with Gasteiger partial charge in [0.15, 0.2) is 12.6 Å². The Bertz CT molecular complexity index is 386. The van der Waals surface area contributed by atoms with Crippen LogP contribution in [0.5, 0.6) is 0 Å². The van der Waals surface area contributed by atoms with Crippen molar-refractivity contribution in [2.75, 3.05) is 13.2 Å². The fraction of sp³-hybridized carbons (Fsp3) is 0.300. The van der Waals surface area contributed by atoms with Gasteiger partial charge in [0.25, 0.3) is 0 Å². The molecule has 0 spiro atoms. The van der Waals surface area contributed by atoms with E-state index in [0.29, 0.717) is 18.8 Å². The van der Waals surface area contributed by atoms with Crippen LogP contribution in [-0.2, 0) is 9.47 Å². The average molecular weight is 336 g/mol. The molecule has 3 nitrogen and oxygen atoms in total. The van der Waals surface area contributed by atoms with Gasteiger partial charge in [0, 0.05) is 20.1 Å². The summed E-state index contributed by atoms with van der Waals surface area (Å²) in [5.74, 6) is 0. The highest BCUT2D eigenvalue weighted by Crippen LogP contribution is 2.33. The minimum absolute atomic E-state index is 0.337. The molecule has 5 heteroatoms. The fourth-order valence-corrected chi connectivity index (χ4v) is 2.39. The number of rotatable bonds is 2. The highest BCUT2D eigenvalue weighted by atomic mass is 79.9. The molecule has 0 aliphatic carbocycles. The third-order valence-electron chi connectivity index (χ3n) is 2.12. The first-order chi connectivity index (χ1) is 7.22. The van der Waals surface area contributed by atoms with Crippen molar-refractivity contribution >= 4 is 38.1 Å². The van der Waals surface area contributed by atoms with Gasteiger partial charge >= 0.3 is 0 Å². The third kappa shape index (κ3) is 2.30. The minimum atomic E-state index is -0.337. The van der Waals surface area contributed by atoms with Crippen LogP contribution in [-0.4, -0.2) is 19.5 Å². The Morgan fingerprint density at radius 1 is 1.20 bits per heavy atom. The summed E-state index contributed by atoms with van der Waals surface area (Å²) in [6, 6.07) is 3.58. The molecule has 1 aromatic carbocycles. The van der Waals surface area contributed by atoms with Crippen molar-refractivity contribution in [2.45, 2.75) is 6.29 Å². The topological polar surface area (TPSA) is 35.5 Å². The van der Waals surface area contributed by atoms with Crippen LogP contribution in [0.15, 0.2) is 21.1 Å². The van der Waals surface area contributed by atoms with Gasteiger partial charge < -0.3 is 9.47 Å². The maximum absolute atomic E-state index is 10.7. The third-order valence-corrected chi connectivity index (χ3v) is 3.49. The predicted molar refractivity (Wildman–Crippen MR) is 61.9 cm³/mol. The van der Waals surface area contributed by atoms with Crippen molar-refractivity contribution in [3.05, 3.63) is 32.2 Å². The predicted octanol–water partition coefficient (Wildman–Crippen LogP) is 3.07. The zero-order valence-corrected chi connectivity index (χ0v) is 10.9. The number of ether oxygens (including phenoxy) is 2. The zero-order valence-electron chi connectivity index (χ0n) is 7.70.